The number of carbonyl (C=O) groups is 1. The summed E-state index contributed by atoms with van der Waals surface area (Å²) in [6.45, 7) is 0. The van der Waals surface area contributed by atoms with E-state index in [2.05, 4.69) is 10.6 Å². The number of benzene rings is 2. The molecule has 2 aromatic carbocycles. The van der Waals surface area contributed by atoms with Crippen molar-refractivity contribution in [2.45, 2.75) is 0 Å². The van der Waals surface area contributed by atoms with E-state index in [1.807, 2.05) is 6.07 Å². The van der Waals surface area contributed by atoms with E-state index in [4.69, 9.17) is 14.2 Å². The second kappa shape index (κ2) is 8.99. The maximum absolute atomic E-state index is 12.2. The number of hydrogen-bond acceptors (Lipinski definition) is 6. The van der Waals surface area contributed by atoms with Crippen LogP contribution in [0.2, 0.25) is 0 Å². The molecule has 2 N–H and O–H groups in total. The number of nitrogens with one attached hydrogen (secondary N) is 2. The van der Waals surface area contributed by atoms with Gasteiger partial charge in [-0.3, -0.25) is 4.79 Å². The molecule has 0 saturated heterocycles. The zero-order valence-electron chi connectivity index (χ0n) is 14.7. The molecule has 0 bridgehead atoms. The Balaban J connectivity index is 2.09. The second-order valence-corrected chi connectivity index (χ2v) is 5.07. The lowest BCUT2D eigenvalue weighted by Gasteiger charge is -2.10. The van der Waals surface area contributed by atoms with Gasteiger partial charge in [-0.2, -0.15) is 5.26 Å². The summed E-state index contributed by atoms with van der Waals surface area (Å²) in [6, 6.07) is 13.8. The SMILES string of the molecule is COc1ccc(NC(=O)/C(C#N)=C\Nc2ccc(OC)c(OC)c2)cc1. The molecular formula is C19H19N3O4. The zero-order chi connectivity index (χ0) is 18.9. The van der Waals surface area contributed by atoms with Crippen molar-refractivity contribution in [3.8, 4) is 23.3 Å². The highest BCUT2D eigenvalue weighted by atomic mass is 16.5. The highest BCUT2D eigenvalue weighted by Crippen LogP contribution is 2.29. The van der Waals surface area contributed by atoms with Gasteiger partial charge in [0.2, 0.25) is 0 Å². The molecular weight excluding hydrogens is 334 g/mol. The first kappa shape index (κ1) is 18.7. The van der Waals surface area contributed by atoms with Gasteiger partial charge in [-0.15, -0.1) is 0 Å². The number of amides is 1. The van der Waals surface area contributed by atoms with E-state index in [9.17, 15) is 10.1 Å². The van der Waals surface area contributed by atoms with Gasteiger partial charge in [-0.1, -0.05) is 0 Å². The number of ether oxygens (including phenoxy) is 3. The number of rotatable bonds is 7. The van der Waals surface area contributed by atoms with Crippen molar-refractivity contribution in [2.24, 2.45) is 0 Å². The summed E-state index contributed by atoms with van der Waals surface area (Å²) >= 11 is 0. The second-order valence-electron chi connectivity index (χ2n) is 5.07. The summed E-state index contributed by atoms with van der Waals surface area (Å²) in [7, 11) is 4.63. The summed E-state index contributed by atoms with van der Waals surface area (Å²) < 4.78 is 15.4. The molecule has 0 aliphatic rings. The third-order valence-electron chi connectivity index (χ3n) is 3.48. The molecule has 2 rings (SSSR count). The fourth-order valence-electron chi connectivity index (χ4n) is 2.10. The van der Waals surface area contributed by atoms with Crippen LogP contribution in [0, 0.1) is 11.3 Å². The Hall–Kier alpha value is -3.66. The molecule has 1 amide bonds. The van der Waals surface area contributed by atoms with Crippen LogP contribution in [0.1, 0.15) is 0 Å². The fourth-order valence-corrected chi connectivity index (χ4v) is 2.10. The number of methoxy groups -OCH3 is 3. The Morgan fingerprint density at radius 1 is 0.962 bits per heavy atom. The molecule has 0 atom stereocenters. The highest BCUT2D eigenvalue weighted by Gasteiger charge is 2.10. The van der Waals surface area contributed by atoms with Gasteiger partial charge in [0.05, 0.1) is 21.3 Å². The lowest BCUT2D eigenvalue weighted by molar-refractivity contribution is -0.112. The minimum Gasteiger partial charge on any atom is -0.497 e. The lowest BCUT2D eigenvalue weighted by Crippen LogP contribution is -2.14. The van der Waals surface area contributed by atoms with E-state index < -0.39 is 5.91 Å². The van der Waals surface area contributed by atoms with E-state index in [-0.39, 0.29) is 5.57 Å². The first-order chi connectivity index (χ1) is 12.6. The Morgan fingerprint density at radius 3 is 2.19 bits per heavy atom. The van der Waals surface area contributed by atoms with Crippen LogP contribution in [0.25, 0.3) is 0 Å². The minimum absolute atomic E-state index is 0.0735. The highest BCUT2D eigenvalue weighted by molar-refractivity contribution is 6.06. The van der Waals surface area contributed by atoms with E-state index in [0.717, 1.165) is 0 Å². The van der Waals surface area contributed by atoms with Crippen LogP contribution in [0.4, 0.5) is 11.4 Å². The first-order valence-corrected chi connectivity index (χ1v) is 7.65. The third-order valence-corrected chi connectivity index (χ3v) is 3.48. The van der Waals surface area contributed by atoms with Crippen LogP contribution >= 0.6 is 0 Å². The van der Waals surface area contributed by atoms with Crippen LogP contribution in [-0.2, 0) is 4.79 Å². The topological polar surface area (TPSA) is 92.6 Å². The Kier molecular flexibility index (Phi) is 6.46. The fraction of sp³-hybridized carbons (Fsp3) is 0.158. The molecule has 0 aliphatic carbocycles. The van der Waals surface area contributed by atoms with Gasteiger partial charge in [0, 0.05) is 23.6 Å². The van der Waals surface area contributed by atoms with Gasteiger partial charge in [0.1, 0.15) is 17.4 Å². The van der Waals surface area contributed by atoms with E-state index in [1.165, 1.54) is 13.3 Å². The molecule has 0 fully saturated rings. The van der Waals surface area contributed by atoms with Gasteiger partial charge < -0.3 is 24.8 Å². The maximum atomic E-state index is 12.2. The van der Waals surface area contributed by atoms with Crippen molar-refractivity contribution in [1.82, 2.24) is 0 Å². The molecule has 0 aliphatic heterocycles. The summed E-state index contributed by atoms with van der Waals surface area (Å²) in [5.41, 5.74) is 1.13. The summed E-state index contributed by atoms with van der Waals surface area (Å²) in [5.74, 6) is 1.27. The molecule has 0 unspecified atom stereocenters. The molecule has 0 aromatic heterocycles. The van der Waals surface area contributed by atoms with Gasteiger partial charge in [0.15, 0.2) is 11.5 Å². The smallest absolute Gasteiger partial charge is 0.267 e. The van der Waals surface area contributed by atoms with Gasteiger partial charge >= 0.3 is 0 Å². The van der Waals surface area contributed by atoms with Crippen LogP contribution in [0.5, 0.6) is 17.2 Å². The number of nitrogens with zero attached hydrogens (tertiary/aromatic N) is 1. The molecule has 0 heterocycles. The van der Waals surface area contributed by atoms with Crippen LogP contribution in [0.15, 0.2) is 54.2 Å². The minimum atomic E-state index is -0.523. The van der Waals surface area contributed by atoms with Gasteiger partial charge in [0.25, 0.3) is 5.91 Å². The quantitative estimate of drug-likeness (QED) is 0.587. The van der Waals surface area contributed by atoms with Gasteiger partial charge in [-0.25, -0.2) is 0 Å². The molecule has 26 heavy (non-hydrogen) atoms. The predicted octanol–water partition coefficient (Wildman–Crippen LogP) is 3.17. The number of nitriles is 1. The molecule has 7 heteroatoms. The summed E-state index contributed by atoms with van der Waals surface area (Å²) in [4.78, 5) is 12.2. The predicted molar refractivity (Wildman–Crippen MR) is 98.5 cm³/mol. The van der Waals surface area contributed by atoms with Crippen molar-refractivity contribution >= 4 is 17.3 Å². The molecule has 7 nitrogen and oxygen atoms in total. The van der Waals surface area contributed by atoms with Crippen molar-refractivity contribution in [1.29, 1.82) is 5.26 Å². The average Bonchev–Trinajstić information content (AvgIpc) is 2.68. The molecule has 2 aromatic rings. The Bertz CT molecular complexity index is 839. The monoisotopic (exact) mass is 353 g/mol. The van der Waals surface area contributed by atoms with Crippen molar-refractivity contribution in [2.75, 3.05) is 32.0 Å². The zero-order valence-corrected chi connectivity index (χ0v) is 14.7. The third kappa shape index (κ3) is 4.68. The Morgan fingerprint density at radius 2 is 1.62 bits per heavy atom. The van der Waals surface area contributed by atoms with Crippen LogP contribution in [-0.4, -0.2) is 27.2 Å². The molecule has 0 spiro atoms. The van der Waals surface area contributed by atoms with E-state index >= 15 is 0 Å². The van der Waals surface area contributed by atoms with E-state index in [0.29, 0.717) is 28.6 Å². The maximum Gasteiger partial charge on any atom is 0.267 e. The molecule has 134 valence electrons. The molecule has 0 radical (unpaired) electrons. The summed E-state index contributed by atoms with van der Waals surface area (Å²) in [5, 5.41) is 14.8. The standard InChI is InChI=1S/C19H19N3O4/c1-24-16-7-4-14(5-8-16)22-19(23)13(11-20)12-21-15-6-9-17(25-2)18(10-15)26-3/h4-10,12,21H,1-3H3,(H,22,23)/b13-12-. The van der Waals surface area contributed by atoms with Gasteiger partial charge in [-0.05, 0) is 36.4 Å². The first-order valence-electron chi connectivity index (χ1n) is 7.65. The number of carbonyl (C=O) groups excluding carboxylic acids is 1. The van der Waals surface area contributed by atoms with Crippen molar-refractivity contribution in [3.05, 3.63) is 54.2 Å². The van der Waals surface area contributed by atoms with Crippen LogP contribution < -0.4 is 24.8 Å². The van der Waals surface area contributed by atoms with Crippen molar-refractivity contribution < 1.29 is 19.0 Å². The number of anilines is 2. The van der Waals surface area contributed by atoms with Crippen molar-refractivity contribution in [3.63, 3.8) is 0 Å². The van der Waals surface area contributed by atoms with E-state index in [1.54, 1.807) is 56.7 Å². The van der Waals surface area contributed by atoms with Crippen LogP contribution in [0.3, 0.4) is 0 Å². The largest absolute Gasteiger partial charge is 0.497 e. The lowest BCUT2D eigenvalue weighted by atomic mass is 10.2. The average molecular weight is 353 g/mol. The number of hydrogen-bond donors (Lipinski definition) is 2. The Labute approximate surface area is 151 Å². The normalized spacial score (nSPS) is 10.5. The molecule has 0 saturated carbocycles. The summed E-state index contributed by atoms with van der Waals surface area (Å²) in [6.07, 6.45) is 1.33.